The molecule has 7 heteroatoms. The summed E-state index contributed by atoms with van der Waals surface area (Å²) >= 11 is 3.35. The summed E-state index contributed by atoms with van der Waals surface area (Å²) in [6.07, 6.45) is 5.27. The molecule has 0 saturated carbocycles. The van der Waals surface area contributed by atoms with Gasteiger partial charge in [0.15, 0.2) is 0 Å². The summed E-state index contributed by atoms with van der Waals surface area (Å²) in [4.78, 5) is 27.6. The molecule has 2 heterocycles. The molecule has 2 aromatic rings. The minimum absolute atomic E-state index is 0.0874. The maximum Gasteiger partial charge on any atom is 0.241 e. The summed E-state index contributed by atoms with van der Waals surface area (Å²) < 4.78 is 0.869. The average Bonchev–Trinajstić information content (AvgIpc) is 2.68. The topological polar surface area (TPSA) is 52.6 Å². The van der Waals surface area contributed by atoms with Gasteiger partial charge in [-0.15, -0.1) is 6.58 Å². The number of para-hydroxylation sites is 1. The zero-order valence-electron chi connectivity index (χ0n) is 14.6. The summed E-state index contributed by atoms with van der Waals surface area (Å²) in [6.45, 7) is 7.91. The van der Waals surface area contributed by atoms with Gasteiger partial charge in [-0.25, -0.2) is 9.97 Å². The van der Waals surface area contributed by atoms with Crippen molar-refractivity contribution in [3.8, 4) is 0 Å². The van der Waals surface area contributed by atoms with Crippen LogP contribution in [0.1, 0.15) is 0 Å². The van der Waals surface area contributed by atoms with Gasteiger partial charge in [0.1, 0.15) is 0 Å². The molecule has 6 nitrogen and oxygen atoms in total. The molecule has 3 rings (SSSR count). The Morgan fingerprint density at radius 2 is 1.81 bits per heavy atom. The largest absolute Gasteiger partial charge is 0.338 e. The number of nitrogens with zero attached hydrogens (tertiary/aromatic N) is 5. The Bertz CT molecular complexity index is 729. The zero-order valence-corrected chi connectivity index (χ0v) is 16.2. The van der Waals surface area contributed by atoms with Crippen LogP contribution in [-0.2, 0) is 4.79 Å². The third kappa shape index (κ3) is 4.68. The first kappa shape index (κ1) is 18.5. The van der Waals surface area contributed by atoms with Gasteiger partial charge in [0.25, 0.3) is 0 Å². The quantitative estimate of drug-likeness (QED) is 0.678. The van der Waals surface area contributed by atoms with Crippen LogP contribution in [0.3, 0.4) is 0 Å². The molecular weight excluding hydrogens is 394 g/mol. The monoisotopic (exact) mass is 415 g/mol. The number of carbonyl (C=O) groups is 1. The number of halogens is 1. The average molecular weight is 416 g/mol. The maximum atomic E-state index is 12.8. The van der Waals surface area contributed by atoms with Crippen LogP contribution in [-0.4, -0.2) is 60.0 Å². The number of amides is 1. The van der Waals surface area contributed by atoms with E-state index in [0.29, 0.717) is 13.1 Å². The molecule has 0 N–H and O–H groups in total. The third-order valence-corrected chi connectivity index (χ3v) is 4.71. The van der Waals surface area contributed by atoms with E-state index in [1.807, 2.05) is 30.3 Å². The van der Waals surface area contributed by atoms with Gasteiger partial charge < -0.3 is 9.80 Å². The van der Waals surface area contributed by atoms with Gasteiger partial charge in [-0.05, 0) is 28.1 Å². The van der Waals surface area contributed by atoms with Crippen LogP contribution in [0.4, 0.5) is 11.6 Å². The molecule has 0 atom stereocenters. The van der Waals surface area contributed by atoms with E-state index in [1.54, 1.807) is 23.4 Å². The van der Waals surface area contributed by atoms with E-state index < -0.39 is 0 Å². The van der Waals surface area contributed by atoms with Crippen LogP contribution in [0.15, 0.2) is 59.9 Å². The highest BCUT2D eigenvalue weighted by Gasteiger charge is 2.23. The maximum absolute atomic E-state index is 12.8. The number of rotatable bonds is 6. The van der Waals surface area contributed by atoms with Crippen LogP contribution < -0.4 is 9.80 Å². The second-order valence-corrected chi connectivity index (χ2v) is 7.01. The number of hydrogen-bond acceptors (Lipinski definition) is 5. The predicted molar refractivity (Wildman–Crippen MR) is 107 cm³/mol. The van der Waals surface area contributed by atoms with Gasteiger partial charge in [0.05, 0.1) is 11.0 Å². The number of hydrogen-bond donors (Lipinski definition) is 0. The highest BCUT2D eigenvalue weighted by atomic mass is 79.9. The SMILES string of the molecule is C=CCN(C(=O)CN1CCN(c2ncc(Br)cn2)CC1)c1ccccc1. The lowest BCUT2D eigenvalue weighted by Crippen LogP contribution is -2.50. The lowest BCUT2D eigenvalue weighted by Gasteiger charge is -2.35. The van der Waals surface area contributed by atoms with E-state index in [2.05, 4.69) is 42.3 Å². The number of carbonyl (C=O) groups excluding carboxylic acids is 1. The van der Waals surface area contributed by atoms with Crippen LogP contribution in [0, 0.1) is 0 Å². The number of piperazine rings is 1. The van der Waals surface area contributed by atoms with Gasteiger partial charge in [-0.3, -0.25) is 9.69 Å². The molecule has 1 amide bonds. The molecule has 1 aliphatic heterocycles. The minimum atomic E-state index is 0.0874. The Hall–Kier alpha value is -2.25. The molecule has 26 heavy (non-hydrogen) atoms. The second kappa shape index (κ2) is 8.91. The lowest BCUT2D eigenvalue weighted by atomic mass is 10.2. The molecule has 1 aromatic carbocycles. The zero-order chi connectivity index (χ0) is 18.4. The van der Waals surface area contributed by atoms with E-state index in [9.17, 15) is 4.79 Å². The molecule has 0 aliphatic carbocycles. The summed E-state index contributed by atoms with van der Waals surface area (Å²) in [5, 5.41) is 0. The molecule has 0 radical (unpaired) electrons. The molecule has 1 fully saturated rings. The van der Waals surface area contributed by atoms with Crippen molar-refractivity contribution < 1.29 is 4.79 Å². The smallest absolute Gasteiger partial charge is 0.241 e. The van der Waals surface area contributed by atoms with E-state index in [1.165, 1.54) is 0 Å². The van der Waals surface area contributed by atoms with Crippen LogP contribution in [0.2, 0.25) is 0 Å². The van der Waals surface area contributed by atoms with Crippen molar-refractivity contribution in [2.45, 2.75) is 0 Å². The Morgan fingerprint density at radius 1 is 1.15 bits per heavy atom. The van der Waals surface area contributed by atoms with Crippen molar-refractivity contribution in [3.05, 3.63) is 59.9 Å². The number of aromatic nitrogens is 2. The van der Waals surface area contributed by atoms with Gasteiger partial charge in [-0.2, -0.15) is 0 Å². The number of anilines is 2. The summed E-state index contributed by atoms with van der Waals surface area (Å²) in [5.74, 6) is 0.821. The molecule has 0 unspecified atom stereocenters. The predicted octanol–water partition coefficient (Wildman–Crippen LogP) is 2.58. The van der Waals surface area contributed by atoms with Crippen molar-refractivity contribution in [3.63, 3.8) is 0 Å². The van der Waals surface area contributed by atoms with Crippen LogP contribution >= 0.6 is 15.9 Å². The molecular formula is C19H22BrN5O. The highest BCUT2D eigenvalue weighted by Crippen LogP contribution is 2.16. The van der Waals surface area contributed by atoms with E-state index in [4.69, 9.17) is 0 Å². The van der Waals surface area contributed by atoms with Gasteiger partial charge in [0, 0.05) is 50.8 Å². The molecule has 0 bridgehead atoms. The van der Waals surface area contributed by atoms with Crippen molar-refractivity contribution in [1.82, 2.24) is 14.9 Å². The van der Waals surface area contributed by atoms with E-state index >= 15 is 0 Å². The number of benzene rings is 1. The Labute approximate surface area is 162 Å². The fourth-order valence-electron chi connectivity index (χ4n) is 2.94. The minimum Gasteiger partial charge on any atom is -0.338 e. The molecule has 0 spiro atoms. The first-order valence-corrected chi connectivity index (χ1v) is 9.38. The van der Waals surface area contributed by atoms with Crippen molar-refractivity contribution in [1.29, 1.82) is 0 Å². The standard InChI is InChI=1S/C19H22BrN5O/c1-2-8-25(17-6-4-3-5-7-17)18(26)15-23-9-11-24(12-10-23)19-21-13-16(20)14-22-19/h2-7,13-14H,1,8-12,15H2. The normalized spacial score (nSPS) is 14.9. The van der Waals surface area contributed by atoms with Crippen molar-refractivity contribution >= 4 is 33.5 Å². The fourth-order valence-corrected chi connectivity index (χ4v) is 3.14. The molecule has 136 valence electrons. The molecule has 1 saturated heterocycles. The van der Waals surface area contributed by atoms with Gasteiger partial charge in [-0.1, -0.05) is 24.3 Å². The fraction of sp³-hybridized carbons (Fsp3) is 0.316. The summed E-state index contributed by atoms with van der Waals surface area (Å²) in [6, 6.07) is 9.73. The molecule has 1 aromatic heterocycles. The summed E-state index contributed by atoms with van der Waals surface area (Å²) in [7, 11) is 0. The highest BCUT2D eigenvalue weighted by molar-refractivity contribution is 9.10. The Kier molecular flexibility index (Phi) is 6.35. The van der Waals surface area contributed by atoms with Gasteiger partial charge in [0.2, 0.25) is 11.9 Å². The third-order valence-electron chi connectivity index (χ3n) is 4.30. The van der Waals surface area contributed by atoms with Crippen molar-refractivity contribution in [2.75, 3.05) is 49.1 Å². The Morgan fingerprint density at radius 3 is 2.42 bits per heavy atom. The van der Waals surface area contributed by atoms with Crippen molar-refractivity contribution in [2.24, 2.45) is 0 Å². The molecule has 1 aliphatic rings. The summed E-state index contributed by atoms with van der Waals surface area (Å²) in [5.41, 5.74) is 0.902. The second-order valence-electron chi connectivity index (χ2n) is 6.09. The Balaban J connectivity index is 1.56. The lowest BCUT2D eigenvalue weighted by molar-refractivity contribution is -0.119. The van der Waals surface area contributed by atoms with Crippen LogP contribution in [0.5, 0.6) is 0 Å². The first-order chi connectivity index (χ1) is 12.7. The van der Waals surface area contributed by atoms with Gasteiger partial charge >= 0.3 is 0 Å². The van der Waals surface area contributed by atoms with E-state index in [-0.39, 0.29) is 5.91 Å². The van der Waals surface area contributed by atoms with E-state index in [0.717, 1.165) is 42.3 Å². The first-order valence-electron chi connectivity index (χ1n) is 8.58. The van der Waals surface area contributed by atoms with Crippen LogP contribution in [0.25, 0.3) is 0 Å².